The van der Waals surface area contributed by atoms with E-state index in [4.69, 9.17) is 9.47 Å². The highest BCUT2D eigenvalue weighted by Crippen LogP contribution is 2.44. The number of fused-ring (bicyclic) bond motifs is 1. The fraction of sp³-hybridized carbons (Fsp3) is 0.188. The SMILES string of the molecule is COc1ccc(C2CC(=O)Oc3ccccc3S2)cc1. The van der Waals surface area contributed by atoms with Crippen molar-refractivity contribution in [2.45, 2.75) is 16.6 Å². The molecule has 0 saturated carbocycles. The molecule has 0 amide bonds. The van der Waals surface area contributed by atoms with Crippen molar-refractivity contribution in [3.05, 3.63) is 54.1 Å². The summed E-state index contributed by atoms with van der Waals surface area (Å²) in [6.07, 6.45) is 0.367. The number of benzene rings is 2. The highest BCUT2D eigenvalue weighted by Gasteiger charge is 2.24. The Hall–Kier alpha value is -1.94. The molecule has 1 heterocycles. The second-order valence-corrected chi connectivity index (χ2v) is 5.75. The fourth-order valence-electron chi connectivity index (χ4n) is 2.15. The smallest absolute Gasteiger partial charge is 0.312 e. The van der Waals surface area contributed by atoms with Crippen LogP contribution >= 0.6 is 11.8 Å². The van der Waals surface area contributed by atoms with E-state index in [1.165, 1.54) is 0 Å². The van der Waals surface area contributed by atoms with E-state index in [1.807, 2.05) is 48.5 Å². The van der Waals surface area contributed by atoms with Crippen LogP contribution in [0.1, 0.15) is 17.2 Å². The molecule has 0 saturated heterocycles. The molecule has 0 aliphatic carbocycles. The van der Waals surface area contributed by atoms with Gasteiger partial charge >= 0.3 is 5.97 Å². The molecule has 2 aromatic rings. The van der Waals surface area contributed by atoms with Gasteiger partial charge in [0.05, 0.1) is 18.4 Å². The number of carbonyl (C=O) groups is 1. The van der Waals surface area contributed by atoms with Crippen LogP contribution in [0, 0.1) is 0 Å². The first-order chi connectivity index (χ1) is 9.76. The van der Waals surface area contributed by atoms with Gasteiger partial charge in [0, 0.05) is 5.25 Å². The van der Waals surface area contributed by atoms with Gasteiger partial charge in [-0.1, -0.05) is 24.3 Å². The number of esters is 1. The third-order valence-corrected chi connectivity index (χ3v) is 4.50. The highest BCUT2D eigenvalue weighted by molar-refractivity contribution is 7.99. The predicted molar refractivity (Wildman–Crippen MR) is 78.3 cm³/mol. The van der Waals surface area contributed by atoms with Crippen molar-refractivity contribution in [2.24, 2.45) is 0 Å². The van der Waals surface area contributed by atoms with Gasteiger partial charge in [0.2, 0.25) is 0 Å². The van der Waals surface area contributed by atoms with Gasteiger partial charge in [0.15, 0.2) is 0 Å². The zero-order valence-electron chi connectivity index (χ0n) is 11.0. The molecule has 1 unspecified atom stereocenters. The van der Waals surface area contributed by atoms with Crippen molar-refractivity contribution in [3.63, 3.8) is 0 Å². The molecule has 20 heavy (non-hydrogen) atoms. The van der Waals surface area contributed by atoms with Crippen molar-refractivity contribution in [1.29, 1.82) is 0 Å². The van der Waals surface area contributed by atoms with Crippen molar-refractivity contribution < 1.29 is 14.3 Å². The Morgan fingerprint density at radius 3 is 2.65 bits per heavy atom. The molecule has 0 spiro atoms. The monoisotopic (exact) mass is 286 g/mol. The molecule has 2 aromatic carbocycles. The lowest BCUT2D eigenvalue weighted by Crippen LogP contribution is -2.09. The summed E-state index contributed by atoms with van der Waals surface area (Å²) in [5.41, 5.74) is 1.10. The summed E-state index contributed by atoms with van der Waals surface area (Å²) in [7, 11) is 1.64. The van der Waals surface area contributed by atoms with E-state index in [2.05, 4.69) is 0 Å². The maximum Gasteiger partial charge on any atom is 0.312 e. The predicted octanol–water partition coefficient (Wildman–Crippen LogP) is 3.84. The number of ether oxygens (including phenoxy) is 2. The van der Waals surface area contributed by atoms with Crippen LogP contribution in [-0.4, -0.2) is 13.1 Å². The summed E-state index contributed by atoms with van der Waals surface area (Å²) in [6.45, 7) is 0. The average molecular weight is 286 g/mol. The van der Waals surface area contributed by atoms with Gasteiger partial charge in [-0.15, -0.1) is 11.8 Å². The van der Waals surface area contributed by atoms with Crippen LogP contribution in [0.3, 0.4) is 0 Å². The third-order valence-electron chi connectivity index (χ3n) is 3.18. The Kier molecular flexibility index (Phi) is 3.65. The number of methoxy groups -OCH3 is 1. The van der Waals surface area contributed by atoms with Crippen molar-refractivity contribution in [1.82, 2.24) is 0 Å². The number of hydrogen-bond donors (Lipinski definition) is 0. The molecule has 1 atom stereocenters. The zero-order valence-corrected chi connectivity index (χ0v) is 11.9. The molecular formula is C16H14O3S. The Labute approximate surface area is 121 Å². The molecule has 0 fully saturated rings. The Balaban J connectivity index is 1.91. The van der Waals surface area contributed by atoms with Crippen LogP contribution in [0.4, 0.5) is 0 Å². The van der Waals surface area contributed by atoms with E-state index in [-0.39, 0.29) is 11.2 Å². The average Bonchev–Trinajstić information content (AvgIpc) is 2.65. The normalized spacial score (nSPS) is 17.9. The Bertz CT molecular complexity index is 622. The third kappa shape index (κ3) is 2.65. The molecule has 0 radical (unpaired) electrons. The molecule has 1 aliphatic rings. The molecule has 1 aliphatic heterocycles. The number of hydrogen-bond acceptors (Lipinski definition) is 4. The number of thioether (sulfide) groups is 1. The van der Waals surface area contributed by atoms with Gasteiger partial charge < -0.3 is 9.47 Å². The summed E-state index contributed by atoms with van der Waals surface area (Å²) >= 11 is 1.66. The quantitative estimate of drug-likeness (QED) is 0.621. The molecule has 0 aromatic heterocycles. The van der Waals surface area contributed by atoms with E-state index >= 15 is 0 Å². The van der Waals surface area contributed by atoms with E-state index in [0.717, 1.165) is 16.2 Å². The first-order valence-corrected chi connectivity index (χ1v) is 7.24. The first-order valence-electron chi connectivity index (χ1n) is 6.36. The number of carbonyl (C=O) groups excluding carboxylic acids is 1. The minimum Gasteiger partial charge on any atom is -0.497 e. The van der Waals surface area contributed by atoms with Crippen LogP contribution in [0.25, 0.3) is 0 Å². The minimum atomic E-state index is -0.191. The van der Waals surface area contributed by atoms with Crippen LogP contribution in [0.2, 0.25) is 0 Å². The van der Waals surface area contributed by atoms with Crippen LogP contribution in [0.5, 0.6) is 11.5 Å². The van der Waals surface area contributed by atoms with Crippen LogP contribution in [0.15, 0.2) is 53.4 Å². The second-order valence-electron chi connectivity index (χ2n) is 4.50. The Morgan fingerprint density at radius 2 is 1.90 bits per heavy atom. The van der Waals surface area contributed by atoms with Crippen molar-refractivity contribution >= 4 is 17.7 Å². The lowest BCUT2D eigenvalue weighted by molar-refractivity contribution is -0.134. The largest absolute Gasteiger partial charge is 0.497 e. The van der Waals surface area contributed by atoms with E-state index in [9.17, 15) is 4.79 Å². The van der Waals surface area contributed by atoms with E-state index in [0.29, 0.717) is 12.2 Å². The lowest BCUT2D eigenvalue weighted by Gasteiger charge is -2.13. The highest BCUT2D eigenvalue weighted by atomic mass is 32.2. The van der Waals surface area contributed by atoms with Gasteiger partial charge in [-0.2, -0.15) is 0 Å². The van der Waals surface area contributed by atoms with Crippen LogP contribution in [-0.2, 0) is 4.79 Å². The van der Waals surface area contributed by atoms with Gasteiger partial charge in [0.25, 0.3) is 0 Å². The van der Waals surface area contributed by atoms with Gasteiger partial charge in [-0.05, 0) is 29.8 Å². The molecular weight excluding hydrogens is 272 g/mol. The summed E-state index contributed by atoms with van der Waals surface area (Å²) < 4.78 is 10.5. The molecule has 3 nitrogen and oxygen atoms in total. The summed E-state index contributed by atoms with van der Waals surface area (Å²) in [4.78, 5) is 12.9. The molecule has 102 valence electrons. The van der Waals surface area contributed by atoms with Gasteiger partial charge in [-0.25, -0.2) is 0 Å². The van der Waals surface area contributed by atoms with Gasteiger partial charge in [-0.3, -0.25) is 4.79 Å². The molecule has 0 N–H and O–H groups in total. The zero-order chi connectivity index (χ0) is 13.9. The molecule has 3 rings (SSSR count). The topological polar surface area (TPSA) is 35.5 Å². The minimum absolute atomic E-state index is 0.0667. The molecule has 4 heteroatoms. The molecule has 0 bridgehead atoms. The summed E-state index contributed by atoms with van der Waals surface area (Å²) in [5, 5.41) is 0.0667. The lowest BCUT2D eigenvalue weighted by atomic mass is 10.1. The maximum atomic E-state index is 11.9. The fourth-order valence-corrected chi connectivity index (χ4v) is 3.35. The van der Waals surface area contributed by atoms with Crippen molar-refractivity contribution in [3.8, 4) is 11.5 Å². The standard InChI is InChI=1S/C16H14O3S/c1-18-12-8-6-11(7-9-12)15-10-16(17)19-13-4-2-3-5-14(13)20-15/h2-9,15H,10H2,1H3. The van der Waals surface area contributed by atoms with E-state index in [1.54, 1.807) is 18.9 Å². The summed E-state index contributed by atoms with van der Waals surface area (Å²) in [6, 6.07) is 15.5. The van der Waals surface area contributed by atoms with Crippen molar-refractivity contribution in [2.75, 3.05) is 7.11 Å². The summed E-state index contributed by atoms with van der Waals surface area (Å²) in [5.74, 6) is 1.28. The Morgan fingerprint density at radius 1 is 1.15 bits per heavy atom. The number of para-hydroxylation sites is 1. The van der Waals surface area contributed by atoms with E-state index < -0.39 is 0 Å². The second kappa shape index (κ2) is 5.59. The number of rotatable bonds is 2. The van der Waals surface area contributed by atoms with Crippen LogP contribution < -0.4 is 9.47 Å². The van der Waals surface area contributed by atoms with Gasteiger partial charge in [0.1, 0.15) is 11.5 Å². The maximum absolute atomic E-state index is 11.9. The first kappa shape index (κ1) is 13.1.